The molecule has 0 saturated heterocycles. The summed E-state index contributed by atoms with van der Waals surface area (Å²) in [4.78, 5) is 42.8. The van der Waals surface area contributed by atoms with Gasteiger partial charge >= 0.3 is 5.97 Å². The Labute approximate surface area is 190 Å². The van der Waals surface area contributed by atoms with Crippen LogP contribution >= 0.6 is 0 Å². The molecule has 8 heteroatoms. The van der Waals surface area contributed by atoms with E-state index in [0.717, 1.165) is 12.0 Å². The average molecular weight is 444 g/mol. The average Bonchev–Trinajstić information content (AvgIpc) is 3.11. The van der Waals surface area contributed by atoms with Crippen LogP contribution in [0.25, 0.3) is 16.7 Å². The van der Waals surface area contributed by atoms with Crippen LogP contribution in [-0.2, 0) is 22.5 Å². The molecule has 0 fully saturated rings. The van der Waals surface area contributed by atoms with Crippen molar-refractivity contribution in [3.63, 3.8) is 0 Å². The van der Waals surface area contributed by atoms with Crippen molar-refractivity contribution in [2.45, 2.75) is 26.8 Å². The third kappa shape index (κ3) is 4.41. The number of nitrogens with one attached hydrogen (secondary N) is 1. The van der Waals surface area contributed by atoms with Gasteiger partial charge in [-0.15, -0.1) is 0 Å². The molecule has 0 aliphatic rings. The number of ether oxygens (including phenoxy) is 1. The fourth-order valence-corrected chi connectivity index (χ4v) is 3.67. The highest BCUT2D eigenvalue weighted by Crippen LogP contribution is 2.18. The Morgan fingerprint density at radius 2 is 1.76 bits per heavy atom. The summed E-state index contributed by atoms with van der Waals surface area (Å²) in [7, 11) is 0. The van der Waals surface area contributed by atoms with Crippen molar-refractivity contribution >= 4 is 28.6 Å². The van der Waals surface area contributed by atoms with E-state index >= 15 is 0 Å². The molecule has 4 aromatic rings. The van der Waals surface area contributed by atoms with E-state index in [2.05, 4.69) is 17.2 Å². The minimum absolute atomic E-state index is 0.178. The number of fused-ring (bicyclic) bond motifs is 1. The first-order chi connectivity index (χ1) is 16.0. The van der Waals surface area contributed by atoms with Crippen molar-refractivity contribution in [1.29, 1.82) is 0 Å². The van der Waals surface area contributed by atoms with Crippen molar-refractivity contribution < 1.29 is 14.3 Å². The largest absolute Gasteiger partial charge is 0.462 e. The topological polar surface area (TPSA) is 95.2 Å². The van der Waals surface area contributed by atoms with Crippen molar-refractivity contribution in [2.75, 3.05) is 11.9 Å². The van der Waals surface area contributed by atoms with E-state index < -0.39 is 11.9 Å². The van der Waals surface area contributed by atoms with Crippen molar-refractivity contribution in [3.8, 4) is 5.69 Å². The summed E-state index contributed by atoms with van der Waals surface area (Å²) in [5, 5.41) is 3.18. The van der Waals surface area contributed by atoms with E-state index in [-0.39, 0.29) is 24.3 Å². The molecule has 33 heavy (non-hydrogen) atoms. The molecule has 2 aromatic heterocycles. The maximum absolute atomic E-state index is 13.2. The molecule has 0 spiro atoms. The number of nitrogens with zero attached hydrogens (tertiary/aromatic N) is 3. The molecule has 168 valence electrons. The van der Waals surface area contributed by atoms with E-state index in [1.165, 1.54) is 4.68 Å². The smallest absolute Gasteiger partial charge is 0.340 e. The van der Waals surface area contributed by atoms with Crippen LogP contribution in [0.5, 0.6) is 0 Å². The lowest BCUT2D eigenvalue weighted by Crippen LogP contribution is -2.27. The molecule has 8 nitrogen and oxygen atoms in total. The Hall–Kier alpha value is -4.20. The van der Waals surface area contributed by atoms with Crippen LogP contribution in [-0.4, -0.2) is 32.8 Å². The number of hydrogen-bond donors (Lipinski definition) is 1. The summed E-state index contributed by atoms with van der Waals surface area (Å²) in [5.41, 5.74) is 2.51. The molecule has 4 rings (SSSR count). The van der Waals surface area contributed by atoms with Gasteiger partial charge in [-0.1, -0.05) is 31.2 Å². The summed E-state index contributed by atoms with van der Waals surface area (Å²) in [6, 6.07) is 17.6. The van der Waals surface area contributed by atoms with E-state index in [0.29, 0.717) is 22.4 Å². The molecule has 0 unspecified atom stereocenters. The van der Waals surface area contributed by atoms with Crippen LogP contribution in [0, 0.1) is 0 Å². The number of aromatic nitrogens is 3. The van der Waals surface area contributed by atoms with Gasteiger partial charge in [-0.05, 0) is 55.3 Å². The maximum Gasteiger partial charge on any atom is 0.340 e. The zero-order valence-corrected chi connectivity index (χ0v) is 18.4. The van der Waals surface area contributed by atoms with Gasteiger partial charge in [-0.2, -0.15) is 0 Å². The van der Waals surface area contributed by atoms with Crippen LogP contribution in [0.2, 0.25) is 0 Å². The minimum atomic E-state index is -0.519. The quantitative estimate of drug-likeness (QED) is 0.440. The Morgan fingerprint density at radius 3 is 2.48 bits per heavy atom. The minimum Gasteiger partial charge on any atom is -0.462 e. The number of esters is 1. The maximum atomic E-state index is 13.2. The van der Waals surface area contributed by atoms with Crippen molar-refractivity contribution in [2.24, 2.45) is 0 Å². The van der Waals surface area contributed by atoms with Gasteiger partial charge in [0.2, 0.25) is 5.91 Å². The second-order valence-corrected chi connectivity index (χ2v) is 7.38. The molecular weight excluding hydrogens is 420 g/mol. The summed E-state index contributed by atoms with van der Waals surface area (Å²) < 4.78 is 8.07. The molecule has 2 heterocycles. The number of carbonyl (C=O) groups is 2. The van der Waals surface area contributed by atoms with Crippen LogP contribution < -0.4 is 10.9 Å². The molecule has 0 saturated carbocycles. The predicted molar refractivity (Wildman–Crippen MR) is 126 cm³/mol. The normalized spacial score (nSPS) is 10.8. The highest BCUT2D eigenvalue weighted by atomic mass is 16.5. The molecule has 1 amide bonds. The molecule has 0 radical (unpaired) electrons. The lowest BCUT2D eigenvalue weighted by Gasteiger charge is -2.14. The molecule has 0 atom stereocenters. The summed E-state index contributed by atoms with van der Waals surface area (Å²) >= 11 is 0. The Kier molecular flexibility index (Phi) is 6.35. The highest BCUT2D eigenvalue weighted by molar-refractivity contribution is 6.01. The molecule has 2 aromatic carbocycles. The zero-order valence-electron chi connectivity index (χ0n) is 18.4. The van der Waals surface area contributed by atoms with Gasteiger partial charge in [0, 0.05) is 6.20 Å². The fraction of sp³-hybridized carbons (Fsp3) is 0.200. The van der Waals surface area contributed by atoms with Gasteiger partial charge in [-0.25, -0.2) is 14.5 Å². The van der Waals surface area contributed by atoms with Gasteiger partial charge in [0.1, 0.15) is 6.54 Å². The van der Waals surface area contributed by atoms with E-state index in [1.807, 2.05) is 24.3 Å². The van der Waals surface area contributed by atoms with Gasteiger partial charge < -0.3 is 10.1 Å². The van der Waals surface area contributed by atoms with E-state index in [9.17, 15) is 14.4 Å². The Balaban J connectivity index is 1.71. The monoisotopic (exact) mass is 444 g/mol. The number of hydrogen-bond acceptors (Lipinski definition) is 5. The number of pyridine rings is 1. The second kappa shape index (κ2) is 9.52. The lowest BCUT2D eigenvalue weighted by atomic mass is 10.1. The Bertz CT molecular complexity index is 1370. The number of amides is 1. The Morgan fingerprint density at radius 1 is 1.00 bits per heavy atom. The molecule has 0 aliphatic heterocycles. The first-order valence-corrected chi connectivity index (χ1v) is 10.7. The summed E-state index contributed by atoms with van der Waals surface area (Å²) in [6.07, 6.45) is 2.46. The van der Waals surface area contributed by atoms with Crippen LogP contribution in [0.15, 0.2) is 71.7 Å². The third-order valence-electron chi connectivity index (χ3n) is 5.27. The van der Waals surface area contributed by atoms with Gasteiger partial charge in [-0.3, -0.25) is 14.3 Å². The second-order valence-electron chi connectivity index (χ2n) is 7.38. The predicted octanol–water partition coefficient (Wildman–Crippen LogP) is 3.57. The zero-order chi connectivity index (χ0) is 23.4. The van der Waals surface area contributed by atoms with E-state index in [1.54, 1.807) is 54.2 Å². The molecule has 0 aliphatic carbocycles. The van der Waals surface area contributed by atoms with Crippen molar-refractivity contribution in [3.05, 3.63) is 88.3 Å². The highest BCUT2D eigenvalue weighted by Gasteiger charge is 2.19. The fourth-order valence-electron chi connectivity index (χ4n) is 3.67. The van der Waals surface area contributed by atoms with Crippen molar-refractivity contribution in [1.82, 2.24) is 14.3 Å². The van der Waals surface area contributed by atoms with Gasteiger partial charge in [0.05, 0.1) is 28.9 Å². The molecular formula is C25H24N4O4. The lowest BCUT2D eigenvalue weighted by molar-refractivity contribution is -0.116. The standard InChI is InChI=1S/C25H24N4O4/c1-3-17-11-13-18(14-12-17)29-24(31)20-9-7-15-26-23(20)28(29)16-22(30)27-21-10-6-5-8-19(21)25(32)33-4-2/h5-15H,3-4,16H2,1-2H3,(H,27,30). The summed E-state index contributed by atoms with van der Waals surface area (Å²) in [5.74, 6) is -0.928. The number of anilines is 1. The first-order valence-electron chi connectivity index (χ1n) is 10.7. The van der Waals surface area contributed by atoms with Crippen LogP contribution in [0.4, 0.5) is 5.69 Å². The number of benzene rings is 2. The number of aryl methyl sites for hydroxylation is 1. The van der Waals surface area contributed by atoms with Gasteiger partial charge in [0.15, 0.2) is 5.65 Å². The SMILES string of the molecule is CCOC(=O)c1ccccc1NC(=O)Cn1c2ncccc2c(=O)n1-c1ccc(CC)cc1. The summed E-state index contributed by atoms with van der Waals surface area (Å²) in [6.45, 7) is 3.82. The van der Waals surface area contributed by atoms with Crippen LogP contribution in [0.1, 0.15) is 29.8 Å². The van der Waals surface area contributed by atoms with E-state index in [4.69, 9.17) is 4.74 Å². The van der Waals surface area contributed by atoms with Gasteiger partial charge in [0.25, 0.3) is 5.56 Å². The first kappa shape index (κ1) is 22.0. The number of rotatable bonds is 7. The van der Waals surface area contributed by atoms with Crippen LogP contribution in [0.3, 0.4) is 0 Å². The molecule has 1 N–H and O–H groups in total. The number of carbonyl (C=O) groups excluding carboxylic acids is 2. The molecule has 0 bridgehead atoms. The third-order valence-corrected chi connectivity index (χ3v) is 5.27. The number of para-hydroxylation sites is 1.